The number of nitrogens with one attached hydrogen (secondary N) is 1. The summed E-state index contributed by atoms with van der Waals surface area (Å²) in [4.78, 5) is 0. The Morgan fingerprint density at radius 2 is 0.952 bits per heavy atom. The van der Waals surface area contributed by atoms with Crippen molar-refractivity contribution in [2.75, 3.05) is 45.8 Å². The third-order valence-corrected chi connectivity index (χ3v) is 8.94. The van der Waals surface area contributed by atoms with Crippen LogP contribution in [0.15, 0.2) is 0 Å². The van der Waals surface area contributed by atoms with E-state index in [4.69, 9.17) is 0 Å². The molecule has 0 aliphatic heterocycles. The van der Waals surface area contributed by atoms with E-state index in [1.165, 1.54) is 12.8 Å². The van der Waals surface area contributed by atoms with E-state index in [1.807, 2.05) is 0 Å². The van der Waals surface area contributed by atoms with E-state index in [2.05, 4.69) is 67.6 Å². The molecule has 0 fully saturated rings. The fraction of sp³-hybridized carbons (Fsp3) is 1.00. The van der Waals surface area contributed by atoms with E-state index < -0.39 is 7.87 Å². The van der Waals surface area contributed by atoms with Crippen LogP contribution in [-0.4, -0.2) is 59.8 Å². The van der Waals surface area contributed by atoms with Gasteiger partial charge in [-0.15, -0.1) is 19.1 Å². The lowest BCUT2D eigenvalue weighted by Gasteiger charge is -2.45. The Balaban J connectivity index is 5.65. The van der Waals surface area contributed by atoms with Crippen LogP contribution in [0.1, 0.15) is 61.3 Å². The summed E-state index contributed by atoms with van der Waals surface area (Å²) in [5.74, 6) is 0. The molecular weight excluding hydrogens is 279 g/mol. The number of unbranched alkanes of at least 4 members (excludes halogenated alkanes) is 1. The van der Waals surface area contributed by atoms with Crippen LogP contribution in [0.2, 0.25) is 0 Å². The van der Waals surface area contributed by atoms with Crippen molar-refractivity contribution in [2.45, 2.75) is 61.3 Å². The Labute approximate surface area is 134 Å². The van der Waals surface area contributed by atoms with Crippen molar-refractivity contribution in [3.8, 4) is 0 Å². The molecule has 0 aromatic heterocycles. The molecule has 0 saturated heterocycles. The summed E-state index contributed by atoms with van der Waals surface area (Å²) >= 11 is 0. The monoisotopic (exact) mass is 319 g/mol. The maximum Gasteiger partial charge on any atom is 0.305 e. The molecule has 0 saturated carbocycles. The summed E-state index contributed by atoms with van der Waals surface area (Å²) in [6.45, 7) is 23.8. The molecule has 0 bridgehead atoms. The molecule has 0 aliphatic carbocycles. The molecule has 0 aromatic rings. The molecule has 1 N–H and O–H groups in total. The summed E-state index contributed by atoms with van der Waals surface area (Å²) in [7, 11) is -1.61. The van der Waals surface area contributed by atoms with Crippen LogP contribution in [0.25, 0.3) is 0 Å². The first kappa shape index (κ1) is 21.3. The minimum atomic E-state index is -1.61. The summed E-state index contributed by atoms with van der Waals surface area (Å²) in [5, 5.41) is 4.03. The zero-order valence-electron chi connectivity index (χ0n) is 15.7. The highest BCUT2D eigenvalue weighted by atomic mass is 31.2. The molecule has 128 valence electrons. The first-order valence-electron chi connectivity index (χ1n) is 9.02. The lowest BCUT2D eigenvalue weighted by Crippen LogP contribution is -2.51. The van der Waals surface area contributed by atoms with Gasteiger partial charge in [-0.05, 0) is 48.0 Å². The zero-order valence-corrected chi connectivity index (χ0v) is 16.5. The Kier molecular flexibility index (Phi) is 11.9. The number of hydrogen-bond donors (Lipinski definition) is 1. The van der Waals surface area contributed by atoms with Gasteiger partial charge in [-0.2, -0.15) is 0 Å². The van der Waals surface area contributed by atoms with Gasteiger partial charge in [-0.1, -0.05) is 13.3 Å². The Morgan fingerprint density at radius 1 is 0.619 bits per heavy atom. The molecule has 4 nitrogen and oxygen atoms in total. The molecule has 5 heteroatoms. The second kappa shape index (κ2) is 11.8. The van der Waals surface area contributed by atoms with Gasteiger partial charge in [0.15, 0.2) is 0 Å². The second-order valence-electron chi connectivity index (χ2n) is 5.25. The Morgan fingerprint density at radius 3 is 1.19 bits per heavy atom. The van der Waals surface area contributed by atoms with E-state index in [0.29, 0.717) is 0 Å². The van der Waals surface area contributed by atoms with Crippen LogP contribution < -0.4 is 5.09 Å². The third kappa shape index (κ3) is 5.14. The van der Waals surface area contributed by atoms with Crippen molar-refractivity contribution in [2.24, 2.45) is 0 Å². The molecule has 0 atom stereocenters. The van der Waals surface area contributed by atoms with E-state index in [1.54, 1.807) is 0 Å². The Hall–Kier alpha value is 0.270. The summed E-state index contributed by atoms with van der Waals surface area (Å²) < 4.78 is 8.05. The van der Waals surface area contributed by atoms with Gasteiger partial charge in [0.05, 0.1) is 0 Å². The maximum absolute atomic E-state index is 4.03. The lowest BCUT2D eigenvalue weighted by molar-refractivity contribution is 0.317. The molecule has 21 heavy (non-hydrogen) atoms. The van der Waals surface area contributed by atoms with Crippen molar-refractivity contribution in [1.29, 1.82) is 0 Å². The number of hydrogen-bond acceptors (Lipinski definition) is 4. The average Bonchev–Trinajstić information content (AvgIpc) is 2.50. The van der Waals surface area contributed by atoms with Crippen LogP contribution >= 0.6 is 7.87 Å². The molecule has 0 rings (SSSR count). The maximum atomic E-state index is 4.03. The predicted molar refractivity (Wildman–Crippen MR) is 98.6 cm³/mol. The minimum absolute atomic E-state index is 1.11. The van der Waals surface area contributed by atoms with Gasteiger partial charge < -0.3 is 0 Å². The molecular formula is C16H40N4P+. The molecule has 0 unspecified atom stereocenters. The highest BCUT2D eigenvalue weighted by molar-refractivity contribution is 7.67. The highest BCUT2D eigenvalue weighted by Gasteiger charge is 2.53. The van der Waals surface area contributed by atoms with Crippen molar-refractivity contribution in [3.63, 3.8) is 0 Å². The van der Waals surface area contributed by atoms with Gasteiger partial charge >= 0.3 is 7.87 Å². The molecule has 0 radical (unpaired) electrons. The van der Waals surface area contributed by atoms with Gasteiger partial charge in [0, 0.05) is 45.8 Å². The first-order valence-corrected chi connectivity index (χ1v) is 10.7. The number of rotatable bonds is 13. The van der Waals surface area contributed by atoms with Crippen LogP contribution in [0, 0.1) is 0 Å². The normalized spacial score (nSPS) is 12.9. The quantitative estimate of drug-likeness (QED) is 0.408. The fourth-order valence-corrected chi connectivity index (χ4v) is 7.59. The average molecular weight is 319 g/mol. The van der Waals surface area contributed by atoms with E-state index >= 15 is 0 Å². The van der Waals surface area contributed by atoms with Gasteiger partial charge in [-0.3, -0.25) is 0 Å². The Bertz CT molecular complexity index is 207. The van der Waals surface area contributed by atoms with Crippen molar-refractivity contribution in [3.05, 3.63) is 0 Å². The SMILES string of the molecule is CCCCN[P+](N(CC)CC)(N(CC)CC)N(CC)CC. The van der Waals surface area contributed by atoms with Crippen LogP contribution in [-0.2, 0) is 0 Å². The first-order chi connectivity index (χ1) is 10.1. The number of nitrogens with zero attached hydrogens (tertiary/aromatic N) is 3. The molecule has 0 heterocycles. The van der Waals surface area contributed by atoms with Crippen LogP contribution in [0.3, 0.4) is 0 Å². The standard InChI is InChI=1S/C16H40N4P/c1-8-15-16-17-21(18(9-2)10-3,19(11-4)12-5)20(13-6)14-7/h17H,8-16H2,1-7H3/q+1. The van der Waals surface area contributed by atoms with Crippen LogP contribution in [0.5, 0.6) is 0 Å². The van der Waals surface area contributed by atoms with E-state index in [0.717, 1.165) is 45.8 Å². The van der Waals surface area contributed by atoms with Crippen LogP contribution in [0.4, 0.5) is 0 Å². The van der Waals surface area contributed by atoms with Crippen molar-refractivity contribution >= 4 is 7.87 Å². The minimum Gasteiger partial charge on any atom is -0.146 e. The summed E-state index contributed by atoms with van der Waals surface area (Å²) in [6.07, 6.45) is 2.51. The zero-order chi connectivity index (χ0) is 16.3. The summed E-state index contributed by atoms with van der Waals surface area (Å²) in [6, 6.07) is 0. The fourth-order valence-electron chi connectivity index (χ4n) is 3.10. The van der Waals surface area contributed by atoms with Gasteiger partial charge in [0.2, 0.25) is 0 Å². The molecule has 0 aliphatic rings. The molecule has 0 spiro atoms. The lowest BCUT2D eigenvalue weighted by atomic mass is 10.3. The summed E-state index contributed by atoms with van der Waals surface area (Å²) in [5.41, 5.74) is 0. The largest absolute Gasteiger partial charge is 0.305 e. The van der Waals surface area contributed by atoms with Gasteiger partial charge in [0.25, 0.3) is 0 Å². The smallest absolute Gasteiger partial charge is 0.146 e. The van der Waals surface area contributed by atoms with Crippen molar-refractivity contribution < 1.29 is 0 Å². The van der Waals surface area contributed by atoms with Crippen molar-refractivity contribution in [1.82, 2.24) is 19.1 Å². The van der Waals surface area contributed by atoms with Gasteiger partial charge in [-0.25, -0.2) is 0 Å². The molecule has 0 amide bonds. The molecule has 0 aromatic carbocycles. The third-order valence-electron chi connectivity index (χ3n) is 4.23. The topological polar surface area (TPSA) is 21.8 Å². The van der Waals surface area contributed by atoms with E-state index in [-0.39, 0.29) is 0 Å². The second-order valence-corrected chi connectivity index (χ2v) is 8.40. The highest BCUT2D eigenvalue weighted by Crippen LogP contribution is 2.63. The predicted octanol–water partition coefficient (Wildman–Crippen LogP) is 4.08. The van der Waals surface area contributed by atoms with Gasteiger partial charge in [0.1, 0.15) is 0 Å². The van der Waals surface area contributed by atoms with E-state index in [9.17, 15) is 0 Å².